The van der Waals surface area contributed by atoms with Crippen molar-refractivity contribution in [1.82, 2.24) is 5.32 Å². The standard InChI is InChI=1S/C13H8BrNO2/c14-10-5-7-6-11(16)15-13(17)12(7)9-4-2-1-3-8(9)10/h1-5H,6H2,(H,15,16,17). The van der Waals surface area contributed by atoms with Crippen molar-refractivity contribution in [3.63, 3.8) is 0 Å². The monoisotopic (exact) mass is 289 g/mol. The van der Waals surface area contributed by atoms with Gasteiger partial charge < -0.3 is 0 Å². The maximum atomic E-state index is 11.9. The first-order chi connectivity index (χ1) is 8.16. The topological polar surface area (TPSA) is 46.2 Å². The summed E-state index contributed by atoms with van der Waals surface area (Å²) in [6, 6.07) is 9.51. The Morgan fingerprint density at radius 2 is 1.82 bits per heavy atom. The van der Waals surface area contributed by atoms with Crippen molar-refractivity contribution >= 4 is 38.5 Å². The first-order valence-corrected chi connectivity index (χ1v) is 6.00. The molecule has 0 aromatic heterocycles. The molecule has 0 aliphatic carbocycles. The predicted molar refractivity (Wildman–Crippen MR) is 67.8 cm³/mol. The molecule has 0 bridgehead atoms. The molecule has 1 aliphatic rings. The van der Waals surface area contributed by atoms with Crippen LogP contribution in [0.15, 0.2) is 34.8 Å². The Labute approximate surface area is 106 Å². The van der Waals surface area contributed by atoms with Crippen molar-refractivity contribution < 1.29 is 9.59 Å². The van der Waals surface area contributed by atoms with E-state index in [9.17, 15) is 9.59 Å². The number of carbonyl (C=O) groups is 2. The van der Waals surface area contributed by atoms with Crippen LogP contribution in [0.1, 0.15) is 15.9 Å². The van der Waals surface area contributed by atoms with Gasteiger partial charge in [0.1, 0.15) is 0 Å². The van der Waals surface area contributed by atoms with Gasteiger partial charge in [-0.25, -0.2) is 0 Å². The lowest BCUT2D eigenvalue weighted by atomic mass is 9.94. The highest BCUT2D eigenvalue weighted by molar-refractivity contribution is 9.10. The van der Waals surface area contributed by atoms with Gasteiger partial charge >= 0.3 is 0 Å². The number of fused-ring (bicyclic) bond motifs is 3. The average molecular weight is 290 g/mol. The Bertz CT molecular complexity index is 664. The van der Waals surface area contributed by atoms with E-state index in [0.29, 0.717) is 5.56 Å². The Kier molecular flexibility index (Phi) is 2.26. The Morgan fingerprint density at radius 1 is 1.12 bits per heavy atom. The fourth-order valence-corrected chi connectivity index (χ4v) is 2.82. The summed E-state index contributed by atoms with van der Waals surface area (Å²) in [5.41, 5.74) is 1.40. The third kappa shape index (κ3) is 1.56. The van der Waals surface area contributed by atoms with Crippen LogP contribution in [0.5, 0.6) is 0 Å². The summed E-state index contributed by atoms with van der Waals surface area (Å²) < 4.78 is 0.911. The van der Waals surface area contributed by atoms with Gasteiger partial charge in [-0.3, -0.25) is 14.9 Å². The zero-order chi connectivity index (χ0) is 12.0. The molecule has 17 heavy (non-hydrogen) atoms. The molecular formula is C13H8BrNO2. The minimum Gasteiger partial charge on any atom is -0.292 e. The van der Waals surface area contributed by atoms with Crippen molar-refractivity contribution in [3.05, 3.63) is 45.9 Å². The lowest BCUT2D eigenvalue weighted by molar-refractivity contribution is -0.119. The first kappa shape index (κ1) is 10.5. The molecule has 3 rings (SSSR count). The molecule has 2 aromatic carbocycles. The highest BCUT2D eigenvalue weighted by atomic mass is 79.9. The number of imide groups is 1. The second-order valence-corrected chi connectivity index (χ2v) is 4.85. The molecule has 0 saturated heterocycles. The second kappa shape index (κ2) is 3.67. The highest BCUT2D eigenvalue weighted by Gasteiger charge is 2.25. The first-order valence-electron chi connectivity index (χ1n) is 5.21. The molecular weight excluding hydrogens is 282 g/mol. The molecule has 3 nitrogen and oxygen atoms in total. The number of rotatable bonds is 0. The highest BCUT2D eigenvalue weighted by Crippen LogP contribution is 2.31. The lowest BCUT2D eigenvalue weighted by Crippen LogP contribution is -2.37. The van der Waals surface area contributed by atoms with Gasteiger partial charge in [0.05, 0.1) is 12.0 Å². The van der Waals surface area contributed by atoms with Crippen LogP contribution in [0.3, 0.4) is 0 Å². The van der Waals surface area contributed by atoms with Crippen LogP contribution in [0.2, 0.25) is 0 Å². The van der Waals surface area contributed by atoms with Gasteiger partial charge in [-0.1, -0.05) is 40.2 Å². The fraction of sp³-hybridized carbons (Fsp3) is 0.0769. The third-order valence-electron chi connectivity index (χ3n) is 2.91. The summed E-state index contributed by atoms with van der Waals surface area (Å²) in [5.74, 6) is -0.551. The van der Waals surface area contributed by atoms with Crippen molar-refractivity contribution in [2.24, 2.45) is 0 Å². The maximum Gasteiger partial charge on any atom is 0.258 e. The fourth-order valence-electron chi connectivity index (χ4n) is 2.20. The minimum absolute atomic E-state index is 0.246. The molecule has 2 amide bonds. The molecule has 4 heteroatoms. The summed E-state index contributed by atoms with van der Waals surface area (Å²) in [5, 5.41) is 4.21. The molecule has 1 N–H and O–H groups in total. The van der Waals surface area contributed by atoms with Crippen molar-refractivity contribution in [1.29, 1.82) is 0 Å². The summed E-state index contributed by atoms with van der Waals surface area (Å²) in [4.78, 5) is 23.2. The smallest absolute Gasteiger partial charge is 0.258 e. The number of hydrogen-bond donors (Lipinski definition) is 1. The Morgan fingerprint density at radius 3 is 2.59 bits per heavy atom. The van der Waals surface area contributed by atoms with E-state index in [2.05, 4.69) is 21.2 Å². The van der Waals surface area contributed by atoms with Gasteiger partial charge in [0.25, 0.3) is 5.91 Å². The minimum atomic E-state index is -0.306. The summed E-state index contributed by atoms with van der Waals surface area (Å²) >= 11 is 3.47. The van der Waals surface area contributed by atoms with Crippen molar-refractivity contribution in [3.8, 4) is 0 Å². The van der Waals surface area contributed by atoms with Gasteiger partial charge in [-0.2, -0.15) is 0 Å². The summed E-state index contributed by atoms with van der Waals surface area (Å²) in [7, 11) is 0. The van der Waals surface area contributed by atoms with Crippen LogP contribution in [-0.2, 0) is 11.2 Å². The molecule has 0 radical (unpaired) electrons. The van der Waals surface area contributed by atoms with Gasteiger partial charge in [0, 0.05) is 4.47 Å². The quantitative estimate of drug-likeness (QED) is 0.757. The van der Waals surface area contributed by atoms with E-state index in [-0.39, 0.29) is 18.2 Å². The van der Waals surface area contributed by atoms with E-state index < -0.39 is 0 Å². The van der Waals surface area contributed by atoms with E-state index in [1.807, 2.05) is 30.3 Å². The number of hydrogen-bond acceptors (Lipinski definition) is 2. The SMILES string of the molecule is O=C1Cc2cc(Br)c3ccccc3c2C(=O)N1. The van der Waals surface area contributed by atoms with Crippen LogP contribution in [0.25, 0.3) is 10.8 Å². The average Bonchev–Trinajstić information content (AvgIpc) is 2.28. The van der Waals surface area contributed by atoms with Crippen LogP contribution < -0.4 is 5.32 Å². The number of nitrogens with one attached hydrogen (secondary N) is 1. The summed E-state index contributed by atoms with van der Waals surface area (Å²) in [6.45, 7) is 0. The molecule has 1 heterocycles. The number of halogens is 1. The van der Waals surface area contributed by atoms with Crippen LogP contribution in [0, 0.1) is 0 Å². The molecule has 0 spiro atoms. The number of benzene rings is 2. The van der Waals surface area contributed by atoms with Crippen molar-refractivity contribution in [2.45, 2.75) is 6.42 Å². The Balaban J connectivity index is 2.43. The molecule has 84 valence electrons. The molecule has 2 aromatic rings. The largest absolute Gasteiger partial charge is 0.292 e. The van der Waals surface area contributed by atoms with E-state index in [1.54, 1.807) is 0 Å². The van der Waals surface area contributed by atoms with Gasteiger partial charge in [0.2, 0.25) is 5.91 Å². The zero-order valence-electron chi connectivity index (χ0n) is 8.79. The van der Waals surface area contributed by atoms with E-state index >= 15 is 0 Å². The normalized spacial score (nSPS) is 14.6. The van der Waals surface area contributed by atoms with Crippen LogP contribution >= 0.6 is 15.9 Å². The van der Waals surface area contributed by atoms with Crippen LogP contribution in [0.4, 0.5) is 0 Å². The number of carbonyl (C=O) groups excluding carboxylic acids is 2. The van der Waals surface area contributed by atoms with Crippen molar-refractivity contribution in [2.75, 3.05) is 0 Å². The molecule has 1 aliphatic heterocycles. The molecule has 0 atom stereocenters. The third-order valence-corrected chi connectivity index (χ3v) is 3.56. The Hall–Kier alpha value is -1.68. The summed E-state index contributed by atoms with van der Waals surface area (Å²) in [6.07, 6.45) is 0.254. The van der Waals surface area contributed by atoms with E-state index in [1.165, 1.54) is 0 Å². The van der Waals surface area contributed by atoms with E-state index in [4.69, 9.17) is 0 Å². The van der Waals surface area contributed by atoms with E-state index in [0.717, 1.165) is 20.8 Å². The second-order valence-electron chi connectivity index (χ2n) is 3.99. The molecule has 0 fully saturated rings. The molecule has 0 saturated carbocycles. The van der Waals surface area contributed by atoms with Gasteiger partial charge in [-0.05, 0) is 22.4 Å². The van der Waals surface area contributed by atoms with Crippen LogP contribution in [-0.4, -0.2) is 11.8 Å². The maximum absolute atomic E-state index is 11.9. The zero-order valence-corrected chi connectivity index (χ0v) is 10.4. The molecule has 0 unspecified atom stereocenters. The predicted octanol–water partition coefficient (Wildman–Crippen LogP) is 2.41. The number of amides is 2. The van der Waals surface area contributed by atoms with Gasteiger partial charge in [0.15, 0.2) is 0 Å². The lowest BCUT2D eigenvalue weighted by Gasteiger charge is -2.18. The van der Waals surface area contributed by atoms with Gasteiger partial charge in [-0.15, -0.1) is 0 Å².